The van der Waals surface area contributed by atoms with Gasteiger partial charge in [0.2, 0.25) is 0 Å². The van der Waals surface area contributed by atoms with Crippen LogP contribution in [-0.4, -0.2) is 17.7 Å². The zero-order valence-electron chi connectivity index (χ0n) is 10.6. The summed E-state index contributed by atoms with van der Waals surface area (Å²) in [5.74, 6) is 0.290. The first-order valence-electron chi connectivity index (χ1n) is 6.16. The Morgan fingerprint density at radius 1 is 1.10 bits per heavy atom. The third-order valence-electron chi connectivity index (χ3n) is 2.91. The molecule has 0 aliphatic heterocycles. The third kappa shape index (κ3) is 2.49. The fraction of sp³-hybridized carbons (Fsp3) is 0.0625. The maximum atomic E-state index is 10.5. The highest BCUT2D eigenvalue weighted by molar-refractivity contribution is 5.84. The number of carbonyl (C=O) groups is 1. The van der Waals surface area contributed by atoms with Gasteiger partial charge in [-0.15, -0.1) is 0 Å². The van der Waals surface area contributed by atoms with Gasteiger partial charge in [0.1, 0.15) is 17.1 Å². The van der Waals surface area contributed by atoms with Crippen molar-refractivity contribution in [1.82, 2.24) is 0 Å². The van der Waals surface area contributed by atoms with Gasteiger partial charge in [-0.05, 0) is 24.3 Å². The van der Waals surface area contributed by atoms with Crippen molar-refractivity contribution in [2.75, 3.05) is 6.61 Å². The normalized spacial score (nSPS) is 10.6. The summed E-state index contributed by atoms with van der Waals surface area (Å²) in [5.41, 5.74) is 1.74. The van der Waals surface area contributed by atoms with E-state index in [0.29, 0.717) is 5.75 Å². The number of carboxylic acids is 1. The third-order valence-corrected chi connectivity index (χ3v) is 2.91. The molecule has 0 unspecified atom stereocenters. The van der Waals surface area contributed by atoms with Gasteiger partial charge in [0.05, 0.1) is 0 Å². The second kappa shape index (κ2) is 5.09. The van der Waals surface area contributed by atoms with Crippen LogP contribution in [0.15, 0.2) is 59.0 Å². The topological polar surface area (TPSA) is 59.7 Å². The number of hydrogen-bond donors (Lipinski definition) is 1. The zero-order chi connectivity index (χ0) is 13.9. The molecule has 0 saturated heterocycles. The highest BCUT2D eigenvalue weighted by atomic mass is 16.5. The first-order chi connectivity index (χ1) is 9.72. The van der Waals surface area contributed by atoms with Crippen molar-refractivity contribution in [2.24, 2.45) is 0 Å². The predicted molar refractivity (Wildman–Crippen MR) is 74.8 cm³/mol. The summed E-state index contributed by atoms with van der Waals surface area (Å²) in [6.45, 7) is -0.352. The monoisotopic (exact) mass is 268 g/mol. The Kier molecular flexibility index (Phi) is 3.13. The number of carboxylic acid groups (broad SMARTS) is 1. The maximum Gasteiger partial charge on any atom is 0.341 e. The van der Waals surface area contributed by atoms with Crippen LogP contribution in [0.3, 0.4) is 0 Å². The molecule has 0 spiro atoms. The summed E-state index contributed by atoms with van der Waals surface area (Å²) in [4.78, 5) is 10.5. The molecule has 0 aliphatic carbocycles. The van der Waals surface area contributed by atoms with Gasteiger partial charge in [0, 0.05) is 10.9 Å². The second-order valence-electron chi connectivity index (χ2n) is 4.36. The standard InChI is InChI=1S/C16H12O4/c17-16(18)10-19-13-6-7-14-12(8-13)9-15(20-14)11-4-2-1-3-5-11/h1-9H,10H2,(H,17,18). The molecule has 1 aromatic heterocycles. The van der Waals surface area contributed by atoms with Gasteiger partial charge in [-0.2, -0.15) is 0 Å². The van der Waals surface area contributed by atoms with Crippen LogP contribution in [0.1, 0.15) is 0 Å². The molecular weight excluding hydrogens is 256 g/mol. The summed E-state index contributed by atoms with van der Waals surface area (Å²) >= 11 is 0. The van der Waals surface area contributed by atoms with E-state index in [1.165, 1.54) is 0 Å². The molecule has 3 aromatic rings. The lowest BCUT2D eigenvalue weighted by molar-refractivity contribution is -0.139. The average molecular weight is 268 g/mol. The number of aliphatic carboxylic acids is 1. The first-order valence-corrected chi connectivity index (χ1v) is 6.16. The first kappa shape index (κ1) is 12.3. The second-order valence-corrected chi connectivity index (χ2v) is 4.36. The summed E-state index contributed by atoms with van der Waals surface area (Å²) < 4.78 is 10.9. The Bertz CT molecular complexity index is 744. The van der Waals surface area contributed by atoms with Gasteiger partial charge in [-0.25, -0.2) is 4.79 Å². The van der Waals surface area contributed by atoms with E-state index in [1.807, 2.05) is 36.4 Å². The van der Waals surface area contributed by atoms with Crippen LogP contribution in [0.25, 0.3) is 22.3 Å². The molecule has 0 amide bonds. The molecule has 4 heteroatoms. The molecule has 3 rings (SSSR count). The van der Waals surface area contributed by atoms with Gasteiger partial charge >= 0.3 is 5.97 Å². The lowest BCUT2D eigenvalue weighted by Crippen LogP contribution is -2.09. The molecule has 20 heavy (non-hydrogen) atoms. The van der Waals surface area contributed by atoms with E-state index in [0.717, 1.165) is 22.3 Å². The Morgan fingerprint density at radius 2 is 1.90 bits per heavy atom. The van der Waals surface area contributed by atoms with Crippen molar-refractivity contribution < 1.29 is 19.1 Å². The molecule has 100 valence electrons. The van der Waals surface area contributed by atoms with E-state index in [-0.39, 0.29) is 6.61 Å². The summed E-state index contributed by atoms with van der Waals surface area (Å²) in [7, 11) is 0. The summed E-state index contributed by atoms with van der Waals surface area (Å²) in [6.07, 6.45) is 0. The fourth-order valence-electron chi connectivity index (χ4n) is 2.00. The molecular formula is C16H12O4. The van der Waals surface area contributed by atoms with Gasteiger partial charge < -0.3 is 14.3 Å². The molecule has 0 saturated carbocycles. The quantitative estimate of drug-likeness (QED) is 0.785. The largest absolute Gasteiger partial charge is 0.482 e. The number of fused-ring (bicyclic) bond motifs is 1. The van der Waals surface area contributed by atoms with Crippen molar-refractivity contribution in [2.45, 2.75) is 0 Å². The van der Waals surface area contributed by atoms with Crippen molar-refractivity contribution >= 4 is 16.9 Å². The van der Waals surface area contributed by atoms with Gasteiger partial charge in [-0.3, -0.25) is 0 Å². The van der Waals surface area contributed by atoms with Crippen LogP contribution < -0.4 is 4.74 Å². The number of ether oxygens (including phenoxy) is 1. The van der Waals surface area contributed by atoms with Crippen molar-refractivity contribution in [3.63, 3.8) is 0 Å². The van der Waals surface area contributed by atoms with Crippen LogP contribution in [0.4, 0.5) is 0 Å². The van der Waals surface area contributed by atoms with Crippen molar-refractivity contribution in [3.8, 4) is 17.1 Å². The molecule has 2 aromatic carbocycles. The highest BCUT2D eigenvalue weighted by Crippen LogP contribution is 2.29. The predicted octanol–water partition coefficient (Wildman–Crippen LogP) is 3.56. The molecule has 0 bridgehead atoms. The van der Waals surface area contributed by atoms with E-state index in [9.17, 15) is 4.79 Å². The van der Waals surface area contributed by atoms with Crippen LogP contribution in [0.2, 0.25) is 0 Å². The Balaban J connectivity index is 1.93. The minimum atomic E-state index is -0.998. The van der Waals surface area contributed by atoms with E-state index in [1.54, 1.807) is 18.2 Å². The van der Waals surface area contributed by atoms with E-state index >= 15 is 0 Å². The Labute approximate surface area is 115 Å². The van der Waals surface area contributed by atoms with Crippen molar-refractivity contribution in [3.05, 3.63) is 54.6 Å². The fourth-order valence-corrected chi connectivity index (χ4v) is 2.00. The van der Waals surface area contributed by atoms with E-state index in [2.05, 4.69) is 0 Å². The smallest absolute Gasteiger partial charge is 0.341 e. The van der Waals surface area contributed by atoms with Crippen LogP contribution in [0, 0.1) is 0 Å². The van der Waals surface area contributed by atoms with E-state index < -0.39 is 5.97 Å². The molecule has 0 atom stereocenters. The number of benzene rings is 2. The van der Waals surface area contributed by atoms with Crippen LogP contribution in [-0.2, 0) is 4.79 Å². The molecule has 1 N–H and O–H groups in total. The minimum Gasteiger partial charge on any atom is -0.482 e. The lowest BCUT2D eigenvalue weighted by atomic mass is 10.1. The SMILES string of the molecule is O=C(O)COc1ccc2oc(-c3ccccc3)cc2c1. The lowest BCUT2D eigenvalue weighted by Gasteiger charge is -2.01. The Hall–Kier alpha value is -2.75. The van der Waals surface area contributed by atoms with Crippen molar-refractivity contribution in [1.29, 1.82) is 0 Å². The molecule has 0 aliphatic rings. The Morgan fingerprint density at radius 3 is 2.65 bits per heavy atom. The average Bonchev–Trinajstić information content (AvgIpc) is 2.89. The molecule has 1 heterocycles. The highest BCUT2D eigenvalue weighted by Gasteiger charge is 2.07. The van der Waals surface area contributed by atoms with Crippen LogP contribution in [0.5, 0.6) is 5.75 Å². The molecule has 4 nitrogen and oxygen atoms in total. The van der Waals surface area contributed by atoms with Gasteiger partial charge in [-0.1, -0.05) is 30.3 Å². The summed E-state index contributed by atoms with van der Waals surface area (Å²) in [5, 5.41) is 9.48. The van der Waals surface area contributed by atoms with Crippen LogP contribution >= 0.6 is 0 Å². The molecule has 0 radical (unpaired) electrons. The zero-order valence-corrected chi connectivity index (χ0v) is 10.6. The summed E-state index contributed by atoms with van der Waals surface area (Å²) in [6, 6.07) is 17.0. The van der Waals surface area contributed by atoms with E-state index in [4.69, 9.17) is 14.3 Å². The van der Waals surface area contributed by atoms with Gasteiger partial charge in [0.25, 0.3) is 0 Å². The number of furan rings is 1. The maximum absolute atomic E-state index is 10.5. The number of hydrogen-bond acceptors (Lipinski definition) is 3. The number of rotatable bonds is 4. The minimum absolute atomic E-state index is 0.352. The molecule has 0 fully saturated rings. The van der Waals surface area contributed by atoms with Gasteiger partial charge in [0.15, 0.2) is 6.61 Å².